The maximum Gasteiger partial charge on any atom is 0.0164 e. The van der Waals surface area contributed by atoms with Crippen molar-refractivity contribution in [1.82, 2.24) is 5.32 Å². The van der Waals surface area contributed by atoms with Gasteiger partial charge in [-0.25, -0.2) is 0 Å². The Kier molecular flexibility index (Phi) is 2.10. The van der Waals surface area contributed by atoms with Crippen LogP contribution in [0, 0.1) is 0 Å². The lowest BCUT2D eigenvalue weighted by Crippen LogP contribution is -2.18. The fourth-order valence-electron chi connectivity index (χ4n) is 0.795. The molecular weight excluding hydrogens is 98.1 g/mol. The van der Waals surface area contributed by atoms with E-state index >= 15 is 0 Å². The summed E-state index contributed by atoms with van der Waals surface area (Å²) in [7, 11) is 0. The van der Waals surface area contributed by atoms with Gasteiger partial charge in [0.1, 0.15) is 0 Å². The van der Waals surface area contributed by atoms with E-state index in [9.17, 15) is 0 Å². The Labute approximate surface area is 50.8 Å². The first kappa shape index (κ1) is 5.83. The fourth-order valence-corrected chi connectivity index (χ4v) is 0.795. The Morgan fingerprint density at radius 3 is 2.88 bits per heavy atom. The van der Waals surface area contributed by atoms with Crippen LogP contribution in [0.1, 0.15) is 19.8 Å². The van der Waals surface area contributed by atoms with Crippen LogP contribution in [0.5, 0.6) is 0 Å². The van der Waals surface area contributed by atoms with Crippen molar-refractivity contribution in [2.75, 3.05) is 13.1 Å². The van der Waals surface area contributed by atoms with Gasteiger partial charge in [-0.1, -0.05) is 18.6 Å². The molecule has 8 heavy (non-hydrogen) atoms. The molecule has 1 rings (SSSR count). The normalized spacial score (nSPS) is 17.4. The molecule has 0 aromatic rings. The van der Waals surface area contributed by atoms with Crippen LogP contribution in [-0.4, -0.2) is 13.1 Å². The summed E-state index contributed by atoms with van der Waals surface area (Å²) in [6.07, 6.45) is 4.94. The first-order valence-electron chi connectivity index (χ1n) is 3.32. The molecule has 0 fully saturated rings. The molecule has 1 nitrogen and oxygen atoms in total. The molecule has 1 aliphatic carbocycles. The summed E-state index contributed by atoms with van der Waals surface area (Å²) < 4.78 is 0. The lowest BCUT2D eigenvalue weighted by molar-refractivity contribution is 0.714. The molecule has 0 amide bonds. The molecule has 0 aliphatic heterocycles. The first-order valence-corrected chi connectivity index (χ1v) is 3.32. The van der Waals surface area contributed by atoms with Gasteiger partial charge in [0.05, 0.1) is 0 Å². The van der Waals surface area contributed by atoms with Crippen LogP contribution in [0.3, 0.4) is 0 Å². The van der Waals surface area contributed by atoms with Gasteiger partial charge in [0.2, 0.25) is 0 Å². The summed E-state index contributed by atoms with van der Waals surface area (Å²) in [6.45, 7) is 4.35. The van der Waals surface area contributed by atoms with E-state index in [0.29, 0.717) is 0 Å². The molecule has 46 valence electrons. The predicted molar refractivity (Wildman–Crippen MR) is 35.9 cm³/mol. The minimum atomic E-state index is 1.09. The van der Waals surface area contributed by atoms with Gasteiger partial charge in [0, 0.05) is 6.54 Å². The van der Waals surface area contributed by atoms with E-state index < -0.39 is 0 Å². The van der Waals surface area contributed by atoms with Crippen LogP contribution in [0.15, 0.2) is 11.6 Å². The number of hydrogen-bond acceptors (Lipinski definition) is 1. The van der Waals surface area contributed by atoms with E-state index in [1.54, 1.807) is 5.57 Å². The van der Waals surface area contributed by atoms with Crippen LogP contribution in [0.4, 0.5) is 0 Å². The van der Waals surface area contributed by atoms with Crippen molar-refractivity contribution in [3.8, 4) is 0 Å². The molecule has 0 spiro atoms. The average Bonchev–Trinajstić information content (AvgIpc) is 1.63. The topological polar surface area (TPSA) is 12.0 Å². The van der Waals surface area contributed by atoms with Crippen molar-refractivity contribution in [3.63, 3.8) is 0 Å². The number of allylic oxidation sites excluding steroid dienone is 1. The number of hydrogen-bond donors (Lipinski definition) is 1. The summed E-state index contributed by atoms with van der Waals surface area (Å²) in [5, 5.41) is 3.28. The quantitative estimate of drug-likeness (QED) is 0.541. The van der Waals surface area contributed by atoms with Crippen molar-refractivity contribution in [1.29, 1.82) is 0 Å². The fraction of sp³-hybridized carbons (Fsp3) is 0.714. The van der Waals surface area contributed by atoms with E-state index in [2.05, 4.69) is 18.3 Å². The highest BCUT2D eigenvalue weighted by Gasteiger charge is 2.02. The monoisotopic (exact) mass is 111 g/mol. The van der Waals surface area contributed by atoms with Gasteiger partial charge in [-0.3, -0.25) is 0 Å². The average molecular weight is 111 g/mol. The van der Waals surface area contributed by atoms with Gasteiger partial charge in [0.15, 0.2) is 0 Å². The van der Waals surface area contributed by atoms with Crippen LogP contribution in [0.2, 0.25) is 0 Å². The zero-order valence-electron chi connectivity index (χ0n) is 5.41. The van der Waals surface area contributed by atoms with Gasteiger partial charge in [-0.2, -0.15) is 0 Å². The van der Waals surface area contributed by atoms with Crippen molar-refractivity contribution < 1.29 is 0 Å². The van der Waals surface area contributed by atoms with E-state index in [4.69, 9.17) is 0 Å². The molecular formula is C7H13N. The number of rotatable bonds is 3. The third-order valence-electron chi connectivity index (χ3n) is 1.50. The second-order valence-corrected chi connectivity index (χ2v) is 2.18. The number of likely N-dealkylation sites (N-methyl/N-ethyl adjacent to an activating group) is 1. The molecule has 0 unspecified atom stereocenters. The smallest absolute Gasteiger partial charge is 0.0164 e. The Balaban J connectivity index is 2.02. The summed E-state index contributed by atoms with van der Waals surface area (Å²) in [6, 6.07) is 0. The molecule has 0 saturated heterocycles. The van der Waals surface area contributed by atoms with Crippen LogP contribution in [0.25, 0.3) is 0 Å². The zero-order valence-corrected chi connectivity index (χ0v) is 5.41. The van der Waals surface area contributed by atoms with E-state index in [1.165, 1.54) is 12.8 Å². The second-order valence-electron chi connectivity index (χ2n) is 2.18. The summed E-state index contributed by atoms with van der Waals surface area (Å²) in [5.41, 5.74) is 1.59. The molecule has 0 aromatic heterocycles. The van der Waals surface area contributed by atoms with Gasteiger partial charge in [-0.05, 0) is 19.4 Å². The Morgan fingerprint density at radius 2 is 2.50 bits per heavy atom. The lowest BCUT2D eigenvalue weighted by Gasteiger charge is -2.13. The summed E-state index contributed by atoms with van der Waals surface area (Å²) in [4.78, 5) is 0. The first-order chi connectivity index (χ1) is 3.93. The van der Waals surface area contributed by atoms with E-state index in [0.717, 1.165) is 13.1 Å². The zero-order chi connectivity index (χ0) is 5.82. The van der Waals surface area contributed by atoms with Crippen LogP contribution in [-0.2, 0) is 0 Å². The van der Waals surface area contributed by atoms with Crippen molar-refractivity contribution in [2.45, 2.75) is 19.8 Å². The second kappa shape index (κ2) is 2.88. The molecule has 0 heterocycles. The Morgan fingerprint density at radius 1 is 1.75 bits per heavy atom. The third-order valence-corrected chi connectivity index (χ3v) is 1.50. The lowest BCUT2D eigenvalue weighted by atomic mass is 9.99. The third kappa shape index (κ3) is 1.34. The maximum atomic E-state index is 3.28. The SMILES string of the molecule is CCNCC1=CCC1. The standard InChI is InChI=1S/C7H13N/c1-2-8-6-7-4-3-5-7/h4,8H,2-3,5-6H2,1H3. The highest BCUT2D eigenvalue weighted by Crippen LogP contribution is 2.15. The molecule has 0 aromatic carbocycles. The van der Waals surface area contributed by atoms with E-state index in [1.807, 2.05) is 0 Å². The molecule has 1 N–H and O–H groups in total. The predicted octanol–water partition coefficient (Wildman–Crippen LogP) is 1.32. The van der Waals surface area contributed by atoms with Crippen molar-refractivity contribution >= 4 is 0 Å². The summed E-state index contributed by atoms with van der Waals surface area (Å²) >= 11 is 0. The molecule has 0 atom stereocenters. The molecule has 1 heteroatoms. The number of nitrogens with one attached hydrogen (secondary N) is 1. The van der Waals surface area contributed by atoms with Crippen molar-refractivity contribution in [3.05, 3.63) is 11.6 Å². The van der Waals surface area contributed by atoms with Crippen LogP contribution < -0.4 is 5.32 Å². The van der Waals surface area contributed by atoms with E-state index in [-0.39, 0.29) is 0 Å². The largest absolute Gasteiger partial charge is 0.313 e. The van der Waals surface area contributed by atoms with Gasteiger partial charge < -0.3 is 5.32 Å². The molecule has 0 saturated carbocycles. The summed E-state index contributed by atoms with van der Waals surface area (Å²) in [5.74, 6) is 0. The van der Waals surface area contributed by atoms with Crippen LogP contribution >= 0.6 is 0 Å². The highest BCUT2D eigenvalue weighted by atomic mass is 14.8. The molecule has 0 radical (unpaired) electrons. The minimum absolute atomic E-state index is 1.09. The molecule has 1 aliphatic rings. The molecule has 0 bridgehead atoms. The minimum Gasteiger partial charge on any atom is -0.313 e. The maximum absolute atomic E-state index is 3.28. The highest BCUT2D eigenvalue weighted by molar-refractivity contribution is 5.13. The van der Waals surface area contributed by atoms with Gasteiger partial charge in [-0.15, -0.1) is 0 Å². The van der Waals surface area contributed by atoms with Gasteiger partial charge in [0.25, 0.3) is 0 Å². The Hall–Kier alpha value is -0.300. The van der Waals surface area contributed by atoms with Crippen molar-refractivity contribution in [2.24, 2.45) is 0 Å². The van der Waals surface area contributed by atoms with Gasteiger partial charge >= 0.3 is 0 Å². The Bertz CT molecular complexity index is 94.6.